The van der Waals surface area contributed by atoms with Crippen molar-refractivity contribution in [1.29, 1.82) is 0 Å². The number of nitrogens with zero attached hydrogens (tertiary/aromatic N) is 1. The predicted octanol–water partition coefficient (Wildman–Crippen LogP) is 3.11. The number of aryl methyl sites for hydroxylation is 1. The Kier molecular flexibility index (Phi) is 3.09. The van der Waals surface area contributed by atoms with Crippen molar-refractivity contribution in [2.75, 3.05) is 0 Å². The number of pyridine rings is 1. The van der Waals surface area contributed by atoms with E-state index in [2.05, 4.69) is 4.98 Å². The van der Waals surface area contributed by atoms with Gasteiger partial charge in [0.1, 0.15) is 5.69 Å². The average molecular weight is 229 g/mol. The molecule has 1 heterocycles. The highest BCUT2D eigenvalue weighted by molar-refractivity contribution is 5.93. The third-order valence-electron chi connectivity index (χ3n) is 2.43. The van der Waals surface area contributed by atoms with Crippen molar-refractivity contribution in [1.82, 2.24) is 4.98 Å². The van der Waals surface area contributed by atoms with Crippen LogP contribution in [0.2, 0.25) is 0 Å². The molecule has 3 nitrogen and oxygen atoms in total. The first-order valence-corrected chi connectivity index (χ1v) is 5.63. The first-order valence-electron chi connectivity index (χ1n) is 5.63. The number of ether oxygens (including phenoxy) is 1. The van der Waals surface area contributed by atoms with E-state index in [0.29, 0.717) is 5.69 Å². The zero-order valence-corrected chi connectivity index (χ0v) is 10.2. The fraction of sp³-hybridized carbons (Fsp3) is 0.286. The molecule has 0 bridgehead atoms. The number of aromatic nitrogens is 1. The Balaban J connectivity index is 2.40. The van der Waals surface area contributed by atoms with E-state index in [0.717, 1.165) is 16.3 Å². The van der Waals surface area contributed by atoms with Crippen LogP contribution in [0.1, 0.15) is 29.9 Å². The second-order valence-corrected chi connectivity index (χ2v) is 4.37. The molecule has 0 atom stereocenters. The highest BCUT2D eigenvalue weighted by atomic mass is 16.5. The molecule has 0 saturated heterocycles. The molecule has 0 amide bonds. The quantitative estimate of drug-likeness (QED) is 0.743. The Hall–Kier alpha value is -1.90. The van der Waals surface area contributed by atoms with E-state index in [1.165, 1.54) is 0 Å². The van der Waals surface area contributed by atoms with Gasteiger partial charge in [-0.1, -0.05) is 23.8 Å². The van der Waals surface area contributed by atoms with Crippen LogP contribution in [0, 0.1) is 6.92 Å². The number of esters is 1. The van der Waals surface area contributed by atoms with Gasteiger partial charge in [0.05, 0.1) is 6.10 Å². The van der Waals surface area contributed by atoms with Gasteiger partial charge in [0.2, 0.25) is 0 Å². The molecule has 0 radical (unpaired) electrons. The molecule has 0 aliphatic rings. The average Bonchev–Trinajstić information content (AvgIpc) is 2.27. The maximum absolute atomic E-state index is 11.7. The molecule has 2 rings (SSSR count). The molecule has 0 N–H and O–H groups in total. The van der Waals surface area contributed by atoms with Gasteiger partial charge in [-0.05, 0) is 32.2 Å². The lowest BCUT2D eigenvalue weighted by Crippen LogP contribution is -2.12. The highest BCUT2D eigenvalue weighted by Crippen LogP contribution is 2.16. The van der Waals surface area contributed by atoms with E-state index < -0.39 is 0 Å². The SMILES string of the molecule is Cc1ccc2cnc(C(=O)OC(C)C)cc2c1. The number of benzene rings is 1. The zero-order chi connectivity index (χ0) is 12.4. The fourth-order valence-corrected chi connectivity index (χ4v) is 1.65. The first kappa shape index (κ1) is 11.6. The molecule has 1 aromatic heterocycles. The smallest absolute Gasteiger partial charge is 0.357 e. The second-order valence-electron chi connectivity index (χ2n) is 4.37. The maximum Gasteiger partial charge on any atom is 0.357 e. The van der Waals surface area contributed by atoms with Crippen LogP contribution in [0.15, 0.2) is 30.5 Å². The van der Waals surface area contributed by atoms with Crippen molar-refractivity contribution >= 4 is 16.7 Å². The molecule has 0 fully saturated rings. The molecular formula is C14H15NO2. The Bertz CT molecular complexity index is 561. The summed E-state index contributed by atoms with van der Waals surface area (Å²) in [5, 5.41) is 2.03. The largest absolute Gasteiger partial charge is 0.458 e. The van der Waals surface area contributed by atoms with Gasteiger partial charge < -0.3 is 4.74 Å². The van der Waals surface area contributed by atoms with Crippen LogP contribution in [0.5, 0.6) is 0 Å². The summed E-state index contributed by atoms with van der Waals surface area (Å²) in [6.07, 6.45) is 1.57. The van der Waals surface area contributed by atoms with Gasteiger partial charge in [-0.25, -0.2) is 9.78 Å². The number of hydrogen-bond acceptors (Lipinski definition) is 3. The molecular weight excluding hydrogens is 214 g/mol. The summed E-state index contributed by atoms with van der Waals surface area (Å²) in [5.74, 6) is -0.372. The lowest BCUT2D eigenvalue weighted by atomic mass is 10.1. The minimum absolute atomic E-state index is 0.127. The summed E-state index contributed by atoms with van der Waals surface area (Å²) in [4.78, 5) is 15.8. The number of hydrogen-bond donors (Lipinski definition) is 0. The van der Waals surface area contributed by atoms with Crippen molar-refractivity contribution in [2.24, 2.45) is 0 Å². The molecule has 0 unspecified atom stereocenters. The molecule has 1 aromatic carbocycles. The van der Waals surface area contributed by atoms with Gasteiger partial charge in [-0.2, -0.15) is 0 Å². The van der Waals surface area contributed by atoms with Crippen molar-refractivity contribution in [3.63, 3.8) is 0 Å². The van der Waals surface area contributed by atoms with Crippen LogP contribution in [0.3, 0.4) is 0 Å². The predicted molar refractivity (Wildman–Crippen MR) is 67.0 cm³/mol. The van der Waals surface area contributed by atoms with Gasteiger partial charge in [-0.15, -0.1) is 0 Å². The lowest BCUT2D eigenvalue weighted by molar-refractivity contribution is 0.0371. The lowest BCUT2D eigenvalue weighted by Gasteiger charge is -2.07. The Morgan fingerprint density at radius 3 is 2.71 bits per heavy atom. The van der Waals surface area contributed by atoms with Gasteiger partial charge in [0.15, 0.2) is 0 Å². The molecule has 0 aliphatic carbocycles. The molecule has 0 spiro atoms. The van der Waals surface area contributed by atoms with E-state index in [1.807, 2.05) is 39.0 Å². The summed E-state index contributed by atoms with van der Waals surface area (Å²) < 4.78 is 5.11. The van der Waals surface area contributed by atoms with Crippen LogP contribution in [-0.4, -0.2) is 17.1 Å². The van der Waals surface area contributed by atoms with Crippen molar-refractivity contribution in [3.8, 4) is 0 Å². The zero-order valence-electron chi connectivity index (χ0n) is 10.2. The third kappa shape index (κ3) is 2.61. The van der Waals surface area contributed by atoms with Gasteiger partial charge in [0, 0.05) is 11.6 Å². The summed E-state index contributed by atoms with van der Waals surface area (Å²) in [6, 6.07) is 7.82. The number of carbonyl (C=O) groups is 1. The van der Waals surface area contributed by atoms with Crippen molar-refractivity contribution in [2.45, 2.75) is 26.9 Å². The summed E-state index contributed by atoms with van der Waals surface area (Å²) in [5.41, 5.74) is 1.52. The van der Waals surface area contributed by atoms with Crippen LogP contribution < -0.4 is 0 Å². The van der Waals surface area contributed by atoms with E-state index in [4.69, 9.17) is 4.74 Å². The fourth-order valence-electron chi connectivity index (χ4n) is 1.65. The van der Waals surface area contributed by atoms with Gasteiger partial charge >= 0.3 is 5.97 Å². The molecule has 0 saturated carbocycles. The van der Waals surface area contributed by atoms with Gasteiger partial charge in [-0.3, -0.25) is 0 Å². The number of rotatable bonds is 2. The van der Waals surface area contributed by atoms with E-state index in [1.54, 1.807) is 12.3 Å². The van der Waals surface area contributed by atoms with E-state index in [-0.39, 0.29) is 12.1 Å². The van der Waals surface area contributed by atoms with E-state index in [9.17, 15) is 4.79 Å². The van der Waals surface area contributed by atoms with Crippen LogP contribution in [0.4, 0.5) is 0 Å². The number of fused-ring (bicyclic) bond motifs is 1. The molecule has 3 heteroatoms. The Labute approximate surface area is 100 Å². The molecule has 17 heavy (non-hydrogen) atoms. The van der Waals surface area contributed by atoms with Crippen molar-refractivity contribution in [3.05, 3.63) is 41.7 Å². The Morgan fingerprint density at radius 2 is 2.00 bits per heavy atom. The first-order chi connectivity index (χ1) is 8.06. The second kappa shape index (κ2) is 4.53. The summed E-state index contributed by atoms with van der Waals surface area (Å²) in [7, 11) is 0. The minimum Gasteiger partial charge on any atom is -0.458 e. The van der Waals surface area contributed by atoms with Crippen molar-refractivity contribution < 1.29 is 9.53 Å². The molecule has 88 valence electrons. The monoisotopic (exact) mass is 229 g/mol. The van der Waals surface area contributed by atoms with Gasteiger partial charge in [0.25, 0.3) is 0 Å². The summed E-state index contributed by atoms with van der Waals surface area (Å²) in [6.45, 7) is 5.66. The third-order valence-corrected chi connectivity index (χ3v) is 2.43. The Morgan fingerprint density at radius 1 is 1.24 bits per heavy atom. The molecule has 0 aliphatic heterocycles. The normalized spacial score (nSPS) is 10.8. The number of carbonyl (C=O) groups excluding carboxylic acids is 1. The maximum atomic E-state index is 11.7. The van der Waals surface area contributed by atoms with E-state index >= 15 is 0 Å². The highest BCUT2D eigenvalue weighted by Gasteiger charge is 2.11. The molecule has 2 aromatic rings. The minimum atomic E-state index is -0.372. The standard InChI is InChI=1S/C14H15NO2/c1-9(2)17-14(16)13-7-12-6-10(3)4-5-11(12)8-15-13/h4-9H,1-3H3. The van der Waals surface area contributed by atoms with Crippen LogP contribution in [-0.2, 0) is 4.74 Å². The van der Waals surface area contributed by atoms with Crippen LogP contribution >= 0.6 is 0 Å². The summed E-state index contributed by atoms with van der Waals surface area (Å²) >= 11 is 0. The van der Waals surface area contributed by atoms with Crippen LogP contribution in [0.25, 0.3) is 10.8 Å². The topological polar surface area (TPSA) is 39.2 Å².